The molecule has 1 aromatic heterocycles. The molecule has 0 radical (unpaired) electrons. The molecule has 2 rings (SSSR count). The Morgan fingerprint density at radius 2 is 1.50 bits per heavy atom. The lowest BCUT2D eigenvalue weighted by atomic mass is 10.1. The van der Waals surface area contributed by atoms with Crippen LogP contribution in [0.1, 0.15) is 108 Å². The second-order valence-electron chi connectivity index (χ2n) is 10.8. The van der Waals surface area contributed by atoms with Gasteiger partial charge in [-0.2, -0.15) is 0 Å². The van der Waals surface area contributed by atoms with Crippen molar-refractivity contribution in [2.75, 3.05) is 6.61 Å². The van der Waals surface area contributed by atoms with Crippen LogP contribution in [-0.4, -0.2) is 23.5 Å². The maximum Gasteiger partial charge on any atom is 0.220 e. The van der Waals surface area contributed by atoms with Gasteiger partial charge in [-0.3, -0.25) is 9.78 Å². The molecule has 250 valence electrons. The summed E-state index contributed by atoms with van der Waals surface area (Å²) >= 11 is 0. The lowest BCUT2D eigenvalue weighted by Gasteiger charge is -2.31. The second kappa shape index (κ2) is 25.7. The average Bonchev–Trinajstić information content (AvgIpc) is 2.97. The predicted octanol–water partition coefficient (Wildman–Crippen LogP) is 7.32. The van der Waals surface area contributed by atoms with E-state index in [1.807, 2.05) is 30.3 Å². The van der Waals surface area contributed by atoms with Crippen LogP contribution in [0.2, 0.25) is 0 Å². The molecule has 0 aliphatic rings. The first-order chi connectivity index (χ1) is 20.4. The van der Waals surface area contributed by atoms with E-state index in [0.717, 1.165) is 49.8 Å². The number of carbonyl (C=O) groups is 1. The number of nitrogens with one attached hydrogen (secondary N) is 1. The van der Waals surface area contributed by atoms with Gasteiger partial charge in [-0.05, 0) is 68.4 Å². The Morgan fingerprint density at radius 3 is 2.09 bits per heavy atom. The lowest BCUT2D eigenvalue weighted by Crippen LogP contribution is -2.40. The first-order valence-corrected chi connectivity index (χ1v) is 17.0. The van der Waals surface area contributed by atoms with E-state index < -0.39 is 20.5 Å². The maximum absolute atomic E-state index is 12.5. The number of nitrogens with zero attached hydrogens (tertiary/aromatic N) is 1. The monoisotopic (exact) mass is 636 g/mol. The van der Waals surface area contributed by atoms with Crippen LogP contribution < -0.4 is 32.1 Å². The molecule has 1 atom stereocenters. The third kappa shape index (κ3) is 22.0. The zero-order valence-electron chi connectivity index (χ0n) is 27.2. The van der Waals surface area contributed by atoms with Crippen LogP contribution in [0.5, 0.6) is 5.75 Å². The maximum atomic E-state index is 12.5. The molecule has 0 bridgehead atoms. The van der Waals surface area contributed by atoms with Crippen molar-refractivity contribution in [3.63, 3.8) is 0 Å². The highest BCUT2D eigenvalue weighted by atomic mass is 31.2. The van der Waals surface area contributed by atoms with Gasteiger partial charge in [0, 0.05) is 12.6 Å². The van der Waals surface area contributed by atoms with Gasteiger partial charge < -0.3 is 41.2 Å². The highest BCUT2D eigenvalue weighted by Crippen LogP contribution is 2.25. The fourth-order valence-electron chi connectivity index (χ4n) is 4.64. The Morgan fingerprint density at radius 1 is 0.886 bits per heavy atom. The minimum atomic E-state index is -5.15. The predicted molar refractivity (Wildman–Crippen MR) is 176 cm³/mol. The quantitative estimate of drug-likeness (QED) is 0.0609. The minimum Gasteiger partial charge on any atom is -0.790 e. The Balaban J connectivity index is 0.00000924. The van der Waals surface area contributed by atoms with Crippen molar-refractivity contribution in [3.05, 3.63) is 72.1 Å². The fourth-order valence-corrected chi connectivity index (χ4v) is 5.00. The Bertz CT molecular complexity index is 1050. The van der Waals surface area contributed by atoms with Crippen LogP contribution in [0.3, 0.4) is 0 Å². The van der Waals surface area contributed by atoms with E-state index in [1.54, 1.807) is 18.3 Å². The highest BCUT2D eigenvalue weighted by molar-refractivity contribution is 7.43. The van der Waals surface area contributed by atoms with E-state index in [-0.39, 0.29) is 18.2 Å². The van der Waals surface area contributed by atoms with E-state index >= 15 is 0 Å². The molecule has 1 heterocycles. The highest BCUT2D eigenvalue weighted by Gasteiger charge is 2.15. The third-order valence-electron chi connectivity index (χ3n) is 6.98. The minimum absolute atomic E-state index is 0. The molecule has 10 nitrogen and oxygen atoms in total. The largest absolute Gasteiger partial charge is 0.790 e. The number of pyridine rings is 1. The van der Waals surface area contributed by atoms with Crippen LogP contribution in [0, 0.1) is 0 Å². The topological polar surface area (TPSA) is 197 Å². The van der Waals surface area contributed by atoms with E-state index in [1.165, 1.54) is 44.9 Å². The molecule has 1 aromatic carbocycles. The Hall–Kier alpha value is -2.59. The van der Waals surface area contributed by atoms with Gasteiger partial charge >= 0.3 is 0 Å². The van der Waals surface area contributed by atoms with Crippen LogP contribution in [0.4, 0.5) is 0 Å². The molecule has 0 saturated carbocycles. The molecule has 0 spiro atoms. The number of ether oxygens (including phenoxy) is 1. The normalized spacial score (nSPS) is 11.9. The van der Waals surface area contributed by atoms with Crippen molar-refractivity contribution in [2.45, 2.75) is 116 Å². The van der Waals surface area contributed by atoms with E-state index in [0.29, 0.717) is 25.2 Å². The zero-order valence-corrected chi connectivity index (χ0v) is 28.1. The van der Waals surface area contributed by atoms with Gasteiger partial charge in [-0.15, -0.1) is 0 Å². The summed E-state index contributed by atoms with van der Waals surface area (Å²) in [7, 11) is -5.15. The van der Waals surface area contributed by atoms with Gasteiger partial charge in [0.1, 0.15) is 12.4 Å². The van der Waals surface area contributed by atoms with E-state index in [4.69, 9.17) is 4.74 Å². The second-order valence-corrected chi connectivity index (χ2v) is 12.0. The standard InChI is InChI=1S/C33H51N2O6P.2H3N/c1-2-3-4-5-6-7-8-9-10-11-12-13-14-15-16-20-33(36)35-31(28-41-42(37,38)39)26-29-21-23-32(24-22-29)40-27-30-19-17-18-25-34-30;;/h9-10,17-19,21-25,31H,2-8,11-16,20,26-28H2,1H3,(H,35,36)(H2,37,38,39);2*1H3/b10-9+;;. The number of phosphoric acid groups is 1. The van der Waals surface area contributed by atoms with Crippen molar-refractivity contribution in [1.29, 1.82) is 0 Å². The first kappa shape index (κ1) is 41.4. The molecule has 11 heteroatoms. The summed E-state index contributed by atoms with van der Waals surface area (Å²) in [4.78, 5) is 38.9. The van der Waals surface area contributed by atoms with Gasteiger partial charge in [0.15, 0.2) is 0 Å². The van der Waals surface area contributed by atoms with Crippen molar-refractivity contribution in [3.8, 4) is 5.75 Å². The number of hydrogen-bond donors (Lipinski definition) is 3. The van der Waals surface area contributed by atoms with Crippen molar-refractivity contribution in [1.82, 2.24) is 22.6 Å². The molecule has 1 amide bonds. The number of phosphoric ester groups is 1. The Labute approximate surface area is 264 Å². The molecule has 0 saturated heterocycles. The molecular weight excluding hydrogens is 579 g/mol. The number of carbonyl (C=O) groups excluding carboxylic acids is 1. The number of quaternary nitrogens is 2. The van der Waals surface area contributed by atoms with Gasteiger partial charge in [0.05, 0.1) is 26.2 Å². The first-order valence-electron chi connectivity index (χ1n) is 15.6. The van der Waals surface area contributed by atoms with Gasteiger partial charge in [0.25, 0.3) is 0 Å². The van der Waals surface area contributed by atoms with Gasteiger partial charge in [0.2, 0.25) is 5.91 Å². The summed E-state index contributed by atoms with van der Waals surface area (Å²) < 4.78 is 21.3. The van der Waals surface area contributed by atoms with Crippen molar-refractivity contribution >= 4 is 13.7 Å². The number of hydrogen-bond acceptors (Lipinski definition) is 7. The summed E-state index contributed by atoms with van der Waals surface area (Å²) in [6.07, 6.45) is 22.4. The molecule has 1 unspecified atom stereocenters. The number of amides is 1. The zero-order chi connectivity index (χ0) is 30.3. The fraction of sp³-hybridized carbons (Fsp3) is 0.576. The van der Waals surface area contributed by atoms with Gasteiger partial charge in [-0.25, -0.2) is 0 Å². The molecule has 0 aliphatic heterocycles. The van der Waals surface area contributed by atoms with E-state index in [2.05, 4.69) is 33.9 Å². The number of benzene rings is 1. The number of rotatable bonds is 24. The smallest absolute Gasteiger partial charge is 0.220 e. The van der Waals surface area contributed by atoms with Crippen LogP contribution in [0.25, 0.3) is 0 Å². The Kier molecular flexibility index (Phi) is 24.2. The number of aromatic nitrogens is 1. The molecular formula is C33H57N4O6P. The van der Waals surface area contributed by atoms with Crippen molar-refractivity contribution < 1.29 is 28.4 Å². The average molecular weight is 637 g/mol. The van der Waals surface area contributed by atoms with Crippen molar-refractivity contribution in [2.24, 2.45) is 0 Å². The molecule has 0 fully saturated rings. The summed E-state index contributed by atoms with van der Waals surface area (Å²) in [6, 6.07) is 12.3. The summed E-state index contributed by atoms with van der Waals surface area (Å²) in [6.45, 7) is 2.18. The molecule has 44 heavy (non-hydrogen) atoms. The van der Waals surface area contributed by atoms with Gasteiger partial charge in [-0.1, -0.05) is 88.6 Å². The summed E-state index contributed by atoms with van der Waals surface area (Å²) in [5.74, 6) is 0.484. The summed E-state index contributed by atoms with van der Waals surface area (Å²) in [5, 5.41) is 2.84. The van der Waals surface area contributed by atoms with E-state index in [9.17, 15) is 19.1 Å². The third-order valence-corrected chi connectivity index (χ3v) is 7.45. The summed E-state index contributed by atoms with van der Waals surface area (Å²) in [5.41, 5.74) is 1.66. The molecule has 0 aliphatic carbocycles. The molecule has 2 aromatic rings. The van der Waals surface area contributed by atoms with Crippen LogP contribution in [0.15, 0.2) is 60.8 Å². The number of allylic oxidation sites excluding steroid dienone is 2. The lowest BCUT2D eigenvalue weighted by molar-refractivity contribution is -0.342. The number of unbranched alkanes of at least 4 members (excludes halogenated alkanes) is 11. The van der Waals surface area contributed by atoms with Crippen LogP contribution in [-0.2, 0) is 26.9 Å². The van der Waals surface area contributed by atoms with Crippen LogP contribution >= 0.6 is 7.82 Å². The molecule has 9 N–H and O–H groups in total. The SMILES string of the molecule is CCCCCCCC/C=C/CCCCCCCC(=O)NC(COP(=O)([O-])[O-])Cc1ccc(OCc2ccccn2)cc1.[NH4+].[NH4+].